The van der Waals surface area contributed by atoms with Crippen LogP contribution < -0.4 is 77.9 Å². The standard InChI is InChI=1S/C82H87B3N2O4/c1-76(2,3)46-22-30-53(31-23-46)86-59-42-52(82(19,20)21)43-60-69(59)85(70-61(86)44-67-72-74(70)90-65-36-28-50(80(13,14)15)40-57(65)83(72)55-38-48(78(7,8)9)26-34-63(55)88-67)71-62(87(60)54-32-24-47(25-33-54)77(4,5)6)45-68-73-75(71)91-66-37-29-51(81(16,17)18)41-58(66)84(73)56-39-49(79(10,11)12)27-35-64(56)89-68/h22-45H,1-21H3. The van der Waals surface area contributed by atoms with Crippen molar-refractivity contribution in [2.45, 2.75) is 183 Å². The summed E-state index contributed by atoms with van der Waals surface area (Å²) in [6, 6.07) is 56.1. The van der Waals surface area contributed by atoms with Gasteiger partial charge in [0.1, 0.15) is 46.0 Å². The molecule has 9 aromatic carbocycles. The van der Waals surface area contributed by atoms with E-state index in [1.807, 2.05) is 0 Å². The number of rotatable bonds is 2. The van der Waals surface area contributed by atoms with Gasteiger partial charge in [0.25, 0.3) is 20.1 Å². The van der Waals surface area contributed by atoms with E-state index in [0.29, 0.717) is 0 Å². The van der Waals surface area contributed by atoms with Gasteiger partial charge in [0.2, 0.25) is 0 Å². The van der Waals surface area contributed by atoms with Crippen LogP contribution in [0.1, 0.15) is 184 Å². The average Bonchev–Trinajstić information content (AvgIpc) is 0.674. The Kier molecular flexibility index (Phi) is 12.6. The molecule has 0 saturated carbocycles. The fourth-order valence-electron chi connectivity index (χ4n) is 15.1. The Balaban J connectivity index is 1.11. The molecular formula is C82H87B3N2O4. The zero-order valence-corrected chi connectivity index (χ0v) is 57.6. The van der Waals surface area contributed by atoms with E-state index in [-0.39, 0.29) is 51.3 Å². The SMILES string of the molecule is CC(C)(C)c1ccc(N2c3cc(C(C)(C)C)cc4c3B(c3c2cc2c5c3Oc3ccc(C(C)(C)C)cc3B5c3cc(C(C)(C)C)ccc3O2)c2c(cc3c5c2Oc2ccc(C(C)(C)C)cc2B5c2cc(C(C)(C)C)ccc2O3)N4c2ccc(C(C)(C)C)cc2)cc1. The molecule has 0 amide bonds. The average molecular weight is 1200 g/mol. The Hall–Kier alpha value is -8.03. The lowest BCUT2D eigenvalue weighted by atomic mass is 9.28. The summed E-state index contributed by atoms with van der Waals surface area (Å²) in [5.74, 6) is 6.72. The van der Waals surface area contributed by atoms with E-state index in [9.17, 15) is 0 Å². The van der Waals surface area contributed by atoms with Crippen LogP contribution in [0, 0.1) is 0 Å². The van der Waals surface area contributed by atoms with Gasteiger partial charge in [-0.1, -0.05) is 218 Å². The second-order valence-electron chi connectivity index (χ2n) is 34.3. The number of nitrogens with zero attached hydrogens (tertiary/aromatic N) is 2. The van der Waals surface area contributed by atoms with Crippen molar-refractivity contribution in [1.82, 2.24) is 0 Å². The molecule has 6 aliphatic heterocycles. The largest absolute Gasteiger partial charge is 0.459 e. The molecule has 0 aliphatic carbocycles. The fraction of sp³-hybridized carbons (Fsp3) is 0.341. The van der Waals surface area contributed by atoms with Crippen LogP contribution in [0.4, 0.5) is 34.1 Å². The third kappa shape index (κ3) is 9.26. The van der Waals surface area contributed by atoms with Gasteiger partial charge >= 0.3 is 0 Å². The molecule has 0 aromatic heterocycles. The highest BCUT2D eigenvalue weighted by Gasteiger charge is 2.54. The van der Waals surface area contributed by atoms with Gasteiger partial charge in [0, 0.05) is 57.2 Å². The van der Waals surface area contributed by atoms with Crippen molar-refractivity contribution in [2.75, 3.05) is 9.80 Å². The molecule has 6 nitrogen and oxygen atoms in total. The van der Waals surface area contributed by atoms with Crippen molar-refractivity contribution in [1.29, 1.82) is 0 Å². The first-order chi connectivity index (χ1) is 42.5. The molecule has 458 valence electrons. The van der Waals surface area contributed by atoms with E-state index < -0.39 is 6.71 Å². The second-order valence-corrected chi connectivity index (χ2v) is 34.3. The van der Waals surface area contributed by atoms with E-state index >= 15 is 0 Å². The van der Waals surface area contributed by atoms with Gasteiger partial charge in [0.15, 0.2) is 0 Å². The van der Waals surface area contributed by atoms with Crippen LogP contribution in [0.15, 0.2) is 146 Å². The van der Waals surface area contributed by atoms with E-state index in [4.69, 9.17) is 18.9 Å². The van der Waals surface area contributed by atoms with E-state index in [2.05, 4.69) is 301 Å². The Labute approximate surface area is 543 Å². The van der Waals surface area contributed by atoms with Crippen molar-refractivity contribution in [3.8, 4) is 46.0 Å². The highest BCUT2D eigenvalue weighted by Crippen LogP contribution is 2.52. The van der Waals surface area contributed by atoms with Crippen LogP contribution in [-0.4, -0.2) is 20.1 Å². The van der Waals surface area contributed by atoms with Gasteiger partial charge in [0.05, 0.1) is 0 Å². The predicted octanol–water partition coefficient (Wildman–Crippen LogP) is 16.3. The fourth-order valence-corrected chi connectivity index (χ4v) is 15.1. The minimum atomic E-state index is -0.434. The number of hydrogen-bond acceptors (Lipinski definition) is 6. The topological polar surface area (TPSA) is 43.4 Å². The molecule has 0 radical (unpaired) electrons. The minimum Gasteiger partial charge on any atom is -0.459 e. The van der Waals surface area contributed by atoms with Crippen molar-refractivity contribution in [2.24, 2.45) is 0 Å². The lowest BCUT2D eigenvalue weighted by molar-refractivity contribution is 0.465. The first-order valence-electron chi connectivity index (χ1n) is 33.2. The molecule has 0 fully saturated rings. The van der Waals surface area contributed by atoms with Crippen LogP contribution in [0.25, 0.3) is 0 Å². The van der Waals surface area contributed by atoms with E-state index in [0.717, 1.165) is 124 Å². The summed E-state index contributed by atoms with van der Waals surface area (Å²) in [6.45, 7) is 47.7. The van der Waals surface area contributed by atoms with Crippen LogP contribution in [0.2, 0.25) is 0 Å². The molecule has 9 aromatic rings. The Bertz CT molecular complexity index is 4250. The first kappa shape index (κ1) is 59.3. The van der Waals surface area contributed by atoms with Crippen LogP contribution in [-0.2, 0) is 37.9 Å². The van der Waals surface area contributed by atoms with Gasteiger partial charge in [-0.2, -0.15) is 0 Å². The van der Waals surface area contributed by atoms with Gasteiger partial charge < -0.3 is 28.7 Å². The van der Waals surface area contributed by atoms with E-state index in [1.165, 1.54) is 44.4 Å². The number of ether oxygens (including phenoxy) is 4. The summed E-state index contributed by atoms with van der Waals surface area (Å²) < 4.78 is 30.9. The lowest BCUT2D eigenvalue weighted by Crippen LogP contribution is -2.67. The Morgan fingerprint density at radius 2 is 0.495 bits per heavy atom. The zero-order chi connectivity index (χ0) is 64.5. The molecule has 6 heterocycles. The number of benzene rings is 9. The third-order valence-electron chi connectivity index (χ3n) is 20.6. The molecular weight excluding hydrogens is 1110 g/mol. The highest BCUT2D eigenvalue weighted by molar-refractivity contribution is 7.05. The van der Waals surface area contributed by atoms with E-state index in [1.54, 1.807) is 0 Å². The van der Waals surface area contributed by atoms with Crippen molar-refractivity contribution < 1.29 is 18.9 Å². The molecule has 91 heavy (non-hydrogen) atoms. The van der Waals surface area contributed by atoms with Gasteiger partial charge in [-0.15, -0.1) is 0 Å². The summed E-state index contributed by atoms with van der Waals surface area (Å²) in [5.41, 5.74) is 24.3. The molecule has 0 saturated heterocycles. The molecule has 0 unspecified atom stereocenters. The molecule has 0 N–H and O–H groups in total. The van der Waals surface area contributed by atoms with Crippen LogP contribution >= 0.6 is 0 Å². The summed E-state index contributed by atoms with van der Waals surface area (Å²) in [5, 5.41) is 0. The molecule has 15 rings (SSSR count). The maximum Gasteiger partial charge on any atom is 0.261 e. The third-order valence-corrected chi connectivity index (χ3v) is 20.6. The van der Waals surface area contributed by atoms with Gasteiger partial charge in [-0.25, -0.2) is 0 Å². The lowest BCUT2D eigenvalue weighted by Gasteiger charge is -2.48. The van der Waals surface area contributed by atoms with Gasteiger partial charge in [-0.05, 0) is 176 Å². The predicted molar refractivity (Wildman–Crippen MR) is 387 cm³/mol. The van der Waals surface area contributed by atoms with Crippen LogP contribution in [0.3, 0.4) is 0 Å². The summed E-state index contributed by atoms with van der Waals surface area (Å²) in [6.07, 6.45) is 0. The Morgan fingerprint density at radius 3 is 0.780 bits per heavy atom. The quantitative estimate of drug-likeness (QED) is 0.161. The van der Waals surface area contributed by atoms with Gasteiger partial charge in [-0.3, -0.25) is 0 Å². The monoisotopic (exact) mass is 1200 g/mol. The Morgan fingerprint density at radius 1 is 0.231 bits per heavy atom. The molecule has 9 heteroatoms. The van der Waals surface area contributed by atoms with Crippen molar-refractivity contribution in [3.05, 3.63) is 185 Å². The maximum absolute atomic E-state index is 7.94. The van der Waals surface area contributed by atoms with Crippen molar-refractivity contribution >= 4 is 103 Å². The van der Waals surface area contributed by atoms with Crippen LogP contribution in [0.5, 0.6) is 46.0 Å². The maximum atomic E-state index is 7.94. The molecule has 6 aliphatic rings. The normalized spacial score (nSPS) is 15.1. The number of anilines is 6. The van der Waals surface area contributed by atoms with Crippen molar-refractivity contribution in [3.63, 3.8) is 0 Å². The molecule has 0 spiro atoms. The smallest absolute Gasteiger partial charge is 0.261 e. The molecule has 0 atom stereocenters. The highest BCUT2D eigenvalue weighted by atomic mass is 16.5. The summed E-state index contributed by atoms with van der Waals surface area (Å²) >= 11 is 0. The number of hydrogen-bond donors (Lipinski definition) is 0. The minimum absolute atomic E-state index is 0.0637. The summed E-state index contributed by atoms with van der Waals surface area (Å²) in [4.78, 5) is 5.08. The zero-order valence-electron chi connectivity index (χ0n) is 57.6. The first-order valence-corrected chi connectivity index (χ1v) is 33.2. The molecule has 0 bridgehead atoms. The summed E-state index contributed by atoms with van der Waals surface area (Å²) in [7, 11) is 0. The second kappa shape index (κ2) is 19.3. The number of fused-ring (bicyclic) bond motifs is 14.